The van der Waals surface area contributed by atoms with Crippen molar-refractivity contribution < 1.29 is 14.3 Å². The van der Waals surface area contributed by atoms with E-state index in [0.717, 1.165) is 17.7 Å². The smallest absolute Gasteiger partial charge is 0.261 e. The molecule has 1 atom stereocenters. The summed E-state index contributed by atoms with van der Waals surface area (Å²) in [5, 5.41) is 3.52. The largest absolute Gasteiger partial charge is 0.480 e. The van der Waals surface area contributed by atoms with Gasteiger partial charge >= 0.3 is 0 Å². The molecule has 0 saturated carbocycles. The molecule has 126 valence electrons. The van der Waals surface area contributed by atoms with Crippen molar-refractivity contribution in [2.24, 2.45) is 0 Å². The minimum absolute atomic E-state index is 0.0535. The van der Waals surface area contributed by atoms with Crippen LogP contribution >= 0.6 is 11.6 Å². The first-order valence-electron chi connectivity index (χ1n) is 7.88. The Labute approximate surface area is 141 Å². The van der Waals surface area contributed by atoms with Crippen LogP contribution < -0.4 is 10.1 Å². The molecule has 2 rings (SSSR count). The molecule has 0 radical (unpaired) electrons. The summed E-state index contributed by atoms with van der Waals surface area (Å²) in [5.41, 5.74) is 0.959. The quantitative estimate of drug-likeness (QED) is 0.810. The summed E-state index contributed by atoms with van der Waals surface area (Å²) in [6, 6.07) is 5.54. The minimum Gasteiger partial charge on any atom is -0.480 e. The van der Waals surface area contributed by atoms with E-state index in [1.165, 1.54) is 0 Å². The highest BCUT2D eigenvalue weighted by atomic mass is 35.5. The predicted molar refractivity (Wildman–Crippen MR) is 89.7 cm³/mol. The van der Waals surface area contributed by atoms with Crippen LogP contribution in [0.25, 0.3) is 0 Å². The summed E-state index contributed by atoms with van der Waals surface area (Å²) in [7, 11) is 0. The van der Waals surface area contributed by atoms with Crippen molar-refractivity contribution in [1.29, 1.82) is 0 Å². The summed E-state index contributed by atoms with van der Waals surface area (Å²) >= 11 is 5.95. The van der Waals surface area contributed by atoms with Crippen LogP contribution in [0, 0.1) is 0 Å². The van der Waals surface area contributed by atoms with Gasteiger partial charge in [-0.05, 0) is 44.0 Å². The number of hydrogen-bond acceptors (Lipinski definition) is 3. The molecule has 0 aliphatic carbocycles. The van der Waals surface area contributed by atoms with E-state index in [9.17, 15) is 9.59 Å². The fourth-order valence-corrected chi connectivity index (χ4v) is 2.91. The van der Waals surface area contributed by atoms with E-state index in [0.29, 0.717) is 24.5 Å². The van der Waals surface area contributed by atoms with Crippen molar-refractivity contribution in [2.45, 2.75) is 45.8 Å². The van der Waals surface area contributed by atoms with Crippen molar-refractivity contribution in [3.05, 3.63) is 28.8 Å². The first-order chi connectivity index (χ1) is 10.9. The summed E-state index contributed by atoms with van der Waals surface area (Å²) in [5.74, 6) is 0.645. The van der Waals surface area contributed by atoms with Gasteiger partial charge in [-0.3, -0.25) is 9.59 Å². The molecule has 23 heavy (non-hydrogen) atoms. The lowest BCUT2D eigenvalue weighted by Gasteiger charge is -2.25. The van der Waals surface area contributed by atoms with E-state index < -0.39 is 6.10 Å². The zero-order valence-electron chi connectivity index (χ0n) is 13.8. The second kappa shape index (κ2) is 7.68. The number of rotatable bonds is 6. The number of nitrogens with zero attached hydrogens (tertiary/aromatic N) is 1. The fourth-order valence-electron chi connectivity index (χ4n) is 2.72. The van der Waals surface area contributed by atoms with Gasteiger partial charge in [-0.1, -0.05) is 11.6 Å². The normalized spacial score (nSPS) is 16.0. The highest BCUT2D eigenvalue weighted by molar-refractivity contribution is 6.30. The second-order valence-corrected chi connectivity index (χ2v) is 6.45. The molecule has 0 spiro atoms. The molecule has 1 aromatic rings. The highest BCUT2D eigenvalue weighted by Crippen LogP contribution is 2.31. The molecule has 0 aromatic heterocycles. The van der Waals surface area contributed by atoms with Crippen molar-refractivity contribution in [2.75, 3.05) is 13.1 Å². The Kier molecular flexibility index (Phi) is 5.88. The zero-order chi connectivity index (χ0) is 17.0. The van der Waals surface area contributed by atoms with Crippen molar-refractivity contribution >= 4 is 23.4 Å². The SMILES string of the molecule is CC(=O)N(CCCNC(=O)[C@H]1Cc2cc(Cl)ccc2O1)C(C)C. The lowest BCUT2D eigenvalue weighted by atomic mass is 10.1. The molecule has 0 saturated heterocycles. The number of nitrogens with one attached hydrogen (secondary N) is 1. The average Bonchev–Trinajstić information content (AvgIpc) is 2.89. The van der Waals surface area contributed by atoms with Gasteiger partial charge in [0.15, 0.2) is 6.10 Å². The van der Waals surface area contributed by atoms with Gasteiger partial charge in [-0.2, -0.15) is 0 Å². The highest BCUT2D eigenvalue weighted by Gasteiger charge is 2.28. The van der Waals surface area contributed by atoms with Crippen LogP contribution in [0.2, 0.25) is 5.02 Å². The van der Waals surface area contributed by atoms with Gasteiger partial charge < -0.3 is 15.0 Å². The number of ether oxygens (including phenoxy) is 1. The number of carbonyl (C=O) groups is 2. The monoisotopic (exact) mass is 338 g/mol. The van der Waals surface area contributed by atoms with Crippen molar-refractivity contribution in [3.8, 4) is 5.75 Å². The Hall–Kier alpha value is -1.75. The molecule has 6 heteroatoms. The first kappa shape index (κ1) is 17.6. The lowest BCUT2D eigenvalue weighted by Crippen LogP contribution is -2.40. The Morgan fingerprint density at radius 2 is 2.17 bits per heavy atom. The van der Waals surface area contributed by atoms with Crippen molar-refractivity contribution in [1.82, 2.24) is 10.2 Å². The van der Waals surface area contributed by atoms with Gasteiger partial charge in [0.05, 0.1) is 0 Å². The van der Waals surface area contributed by atoms with Gasteiger partial charge in [0.2, 0.25) is 5.91 Å². The molecule has 0 bridgehead atoms. The first-order valence-corrected chi connectivity index (χ1v) is 8.26. The molecule has 1 aliphatic rings. The summed E-state index contributed by atoms with van der Waals surface area (Å²) < 4.78 is 5.64. The number of benzene rings is 1. The molecule has 1 N–H and O–H groups in total. The van der Waals surface area contributed by atoms with Crippen LogP contribution in [-0.4, -0.2) is 41.9 Å². The number of hydrogen-bond donors (Lipinski definition) is 1. The van der Waals surface area contributed by atoms with Crippen LogP contribution in [0.3, 0.4) is 0 Å². The molecule has 0 fully saturated rings. The van der Waals surface area contributed by atoms with Crippen LogP contribution in [0.1, 0.15) is 32.8 Å². The average molecular weight is 339 g/mol. The number of carbonyl (C=O) groups excluding carboxylic acids is 2. The number of halogens is 1. The van der Waals surface area contributed by atoms with Gasteiger partial charge in [0.1, 0.15) is 5.75 Å². The molecule has 1 aromatic carbocycles. The second-order valence-electron chi connectivity index (χ2n) is 6.01. The third-order valence-electron chi connectivity index (χ3n) is 3.89. The van der Waals surface area contributed by atoms with E-state index in [-0.39, 0.29) is 17.9 Å². The van der Waals surface area contributed by atoms with Gasteiger partial charge in [0, 0.05) is 37.5 Å². The molecular weight excluding hydrogens is 316 g/mol. The standard InChI is InChI=1S/C17H23ClN2O3/c1-11(2)20(12(3)21)8-4-7-19-17(22)16-10-13-9-14(18)5-6-15(13)23-16/h5-6,9,11,16H,4,7-8,10H2,1-3H3,(H,19,22)/t16-/m1/s1. The van der Waals surface area contributed by atoms with Gasteiger partial charge in [0.25, 0.3) is 5.91 Å². The molecule has 2 amide bonds. The van der Waals surface area contributed by atoms with E-state index in [4.69, 9.17) is 16.3 Å². The Morgan fingerprint density at radius 1 is 1.43 bits per heavy atom. The molecule has 1 aliphatic heterocycles. The topological polar surface area (TPSA) is 58.6 Å². The van der Waals surface area contributed by atoms with E-state index >= 15 is 0 Å². The van der Waals surface area contributed by atoms with Gasteiger partial charge in [-0.15, -0.1) is 0 Å². The Morgan fingerprint density at radius 3 is 2.83 bits per heavy atom. The van der Waals surface area contributed by atoms with Crippen LogP contribution in [0.4, 0.5) is 0 Å². The third kappa shape index (κ3) is 4.61. The number of amides is 2. The van der Waals surface area contributed by atoms with Crippen LogP contribution in [-0.2, 0) is 16.0 Å². The molecular formula is C17H23ClN2O3. The molecule has 5 nitrogen and oxygen atoms in total. The minimum atomic E-state index is -0.502. The van der Waals surface area contributed by atoms with Crippen LogP contribution in [0.5, 0.6) is 5.75 Å². The van der Waals surface area contributed by atoms with E-state index in [1.807, 2.05) is 19.9 Å². The predicted octanol–water partition coefficient (Wildman–Crippen LogP) is 2.41. The summed E-state index contributed by atoms with van der Waals surface area (Å²) in [4.78, 5) is 25.4. The molecule has 1 heterocycles. The maximum Gasteiger partial charge on any atom is 0.261 e. The van der Waals surface area contributed by atoms with Gasteiger partial charge in [-0.25, -0.2) is 0 Å². The van der Waals surface area contributed by atoms with Crippen LogP contribution in [0.15, 0.2) is 18.2 Å². The van der Waals surface area contributed by atoms with Crippen molar-refractivity contribution in [3.63, 3.8) is 0 Å². The maximum atomic E-state index is 12.2. The van der Waals surface area contributed by atoms with E-state index in [1.54, 1.807) is 24.0 Å². The lowest BCUT2D eigenvalue weighted by molar-refractivity contribution is -0.130. The Balaban J connectivity index is 1.75. The zero-order valence-corrected chi connectivity index (χ0v) is 14.5. The third-order valence-corrected chi connectivity index (χ3v) is 4.13. The Bertz CT molecular complexity index is 589. The summed E-state index contributed by atoms with van der Waals surface area (Å²) in [6.07, 6.45) is 0.750. The summed E-state index contributed by atoms with van der Waals surface area (Å²) in [6.45, 7) is 6.68. The number of fused-ring (bicyclic) bond motifs is 1. The molecule has 0 unspecified atom stereocenters. The maximum absolute atomic E-state index is 12.2. The fraction of sp³-hybridized carbons (Fsp3) is 0.529. The van der Waals surface area contributed by atoms with E-state index in [2.05, 4.69) is 5.32 Å².